The first-order valence-electron chi connectivity index (χ1n) is 9.35. The van der Waals surface area contributed by atoms with E-state index in [1.54, 1.807) is 0 Å². The molecule has 140 valence electrons. The molecule has 0 saturated carbocycles. The highest BCUT2D eigenvalue weighted by atomic mass is 79.9. The number of aliphatic hydroxyl groups is 1. The first kappa shape index (κ1) is 18.3. The number of carbonyl (C=O) groups excluding carboxylic acids is 1. The lowest BCUT2D eigenvalue weighted by Crippen LogP contribution is -2.27. The lowest BCUT2D eigenvalue weighted by Gasteiger charge is -2.18. The van der Waals surface area contributed by atoms with Gasteiger partial charge in [0.2, 0.25) is 0 Å². The van der Waals surface area contributed by atoms with Gasteiger partial charge in [0.25, 0.3) is 0 Å². The number of anilines is 1. The number of Topliss-reactive ketones (excluding diaryl/α,β-unsaturated/α-hetero) is 1. The maximum atomic E-state index is 12.6. The first-order valence-corrected chi connectivity index (χ1v) is 10.1. The van der Waals surface area contributed by atoms with E-state index in [9.17, 15) is 9.90 Å². The van der Waals surface area contributed by atoms with Gasteiger partial charge in [0.15, 0.2) is 5.78 Å². The van der Waals surface area contributed by atoms with Gasteiger partial charge in [-0.15, -0.1) is 0 Å². The van der Waals surface area contributed by atoms with E-state index >= 15 is 0 Å². The van der Waals surface area contributed by atoms with Gasteiger partial charge in [0, 0.05) is 34.0 Å². The van der Waals surface area contributed by atoms with Crippen LogP contribution < -0.4 is 5.32 Å². The number of ketones is 1. The minimum atomic E-state index is -0.593. The quantitative estimate of drug-likeness (QED) is 0.621. The molecular formula is C22H23BrN2O2. The number of hydrogen-bond donors (Lipinski definition) is 2. The van der Waals surface area contributed by atoms with E-state index in [1.807, 2.05) is 28.8 Å². The molecule has 0 fully saturated rings. The normalized spacial score (nSPS) is 15.0. The van der Waals surface area contributed by atoms with Crippen LogP contribution in [0.15, 0.2) is 46.9 Å². The Balaban J connectivity index is 1.60. The van der Waals surface area contributed by atoms with Gasteiger partial charge in [0.1, 0.15) is 0 Å². The molecule has 3 aromatic rings. The van der Waals surface area contributed by atoms with Crippen LogP contribution in [-0.2, 0) is 13.0 Å². The second-order valence-corrected chi connectivity index (χ2v) is 8.19. The number of hydrogen-bond acceptors (Lipinski definition) is 3. The second kappa shape index (κ2) is 7.49. The predicted molar refractivity (Wildman–Crippen MR) is 113 cm³/mol. The van der Waals surface area contributed by atoms with Crippen LogP contribution in [0.25, 0.3) is 10.9 Å². The first-order chi connectivity index (χ1) is 13.0. The SMILES string of the molecule is Cc1ccc2c(c1)c1c(n2C[C@@H](O)CNc2ccc(Br)cc2)C(=O)CCC1. The molecule has 0 amide bonds. The number of halogens is 1. The predicted octanol–water partition coefficient (Wildman–Crippen LogP) is 4.70. The van der Waals surface area contributed by atoms with Crippen LogP contribution in [0.3, 0.4) is 0 Å². The lowest BCUT2D eigenvalue weighted by molar-refractivity contribution is 0.0958. The second-order valence-electron chi connectivity index (χ2n) is 7.28. The molecule has 0 aliphatic heterocycles. The molecule has 0 radical (unpaired) electrons. The van der Waals surface area contributed by atoms with Gasteiger partial charge >= 0.3 is 0 Å². The van der Waals surface area contributed by atoms with Crippen molar-refractivity contribution in [3.8, 4) is 0 Å². The zero-order valence-electron chi connectivity index (χ0n) is 15.3. The summed E-state index contributed by atoms with van der Waals surface area (Å²) in [6.45, 7) is 2.91. The van der Waals surface area contributed by atoms with E-state index in [0.29, 0.717) is 19.5 Å². The molecule has 4 rings (SSSR count). The lowest BCUT2D eigenvalue weighted by atomic mass is 9.94. The van der Waals surface area contributed by atoms with Crippen molar-refractivity contribution in [2.45, 2.75) is 38.8 Å². The summed E-state index contributed by atoms with van der Waals surface area (Å²) < 4.78 is 3.05. The third-order valence-electron chi connectivity index (χ3n) is 5.20. The number of nitrogens with zero attached hydrogens (tertiary/aromatic N) is 1. The smallest absolute Gasteiger partial charge is 0.179 e. The van der Waals surface area contributed by atoms with Crippen molar-refractivity contribution in [1.29, 1.82) is 0 Å². The summed E-state index contributed by atoms with van der Waals surface area (Å²) >= 11 is 3.42. The number of fused-ring (bicyclic) bond motifs is 3. The molecule has 4 nitrogen and oxygen atoms in total. The third kappa shape index (κ3) is 3.66. The van der Waals surface area contributed by atoms with Crippen LogP contribution >= 0.6 is 15.9 Å². The van der Waals surface area contributed by atoms with Crippen LogP contribution in [0.2, 0.25) is 0 Å². The summed E-state index contributed by atoms with van der Waals surface area (Å²) in [5, 5.41) is 15.1. The van der Waals surface area contributed by atoms with Crippen molar-refractivity contribution >= 4 is 38.3 Å². The van der Waals surface area contributed by atoms with Gasteiger partial charge in [-0.3, -0.25) is 4.79 Å². The van der Waals surface area contributed by atoms with Crippen LogP contribution in [0.4, 0.5) is 5.69 Å². The zero-order chi connectivity index (χ0) is 19.0. The van der Waals surface area contributed by atoms with Gasteiger partial charge in [-0.1, -0.05) is 27.6 Å². The van der Waals surface area contributed by atoms with Crippen molar-refractivity contribution in [1.82, 2.24) is 4.57 Å². The summed E-state index contributed by atoms with van der Waals surface area (Å²) in [4.78, 5) is 12.6. The van der Waals surface area contributed by atoms with Crippen molar-refractivity contribution in [2.75, 3.05) is 11.9 Å². The number of benzene rings is 2. The van der Waals surface area contributed by atoms with E-state index in [2.05, 4.69) is 46.4 Å². The fourth-order valence-corrected chi connectivity index (χ4v) is 4.19. The standard InChI is InChI=1S/C22H23BrN2O2/c1-14-5-10-20-19(11-14)18-3-2-4-21(27)22(18)25(20)13-17(26)12-24-16-8-6-15(23)7-9-16/h5-11,17,24,26H,2-4,12-13H2,1H3/t17-/m0/s1. The minimum absolute atomic E-state index is 0.193. The molecule has 1 aromatic heterocycles. The Labute approximate surface area is 167 Å². The van der Waals surface area contributed by atoms with E-state index in [0.717, 1.165) is 45.2 Å². The number of aryl methyl sites for hydroxylation is 2. The molecule has 1 heterocycles. The van der Waals surface area contributed by atoms with Gasteiger partial charge in [0.05, 0.1) is 18.3 Å². The summed E-state index contributed by atoms with van der Waals surface area (Å²) in [5.74, 6) is 0.193. The Bertz CT molecular complexity index is 992. The molecule has 2 N–H and O–H groups in total. The molecule has 1 atom stereocenters. The Kier molecular flexibility index (Phi) is 5.06. The maximum Gasteiger partial charge on any atom is 0.179 e. The highest BCUT2D eigenvalue weighted by Crippen LogP contribution is 2.33. The average Bonchev–Trinajstić information content (AvgIpc) is 2.95. The van der Waals surface area contributed by atoms with Crippen LogP contribution in [0.5, 0.6) is 0 Å². The van der Waals surface area contributed by atoms with Gasteiger partial charge in [-0.05, 0) is 61.7 Å². The monoisotopic (exact) mass is 426 g/mol. The topological polar surface area (TPSA) is 54.3 Å². The van der Waals surface area contributed by atoms with Crippen molar-refractivity contribution in [3.05, 3.63) is 63.8 Å². The van der Waals surface area contributed by atoms with Crippen molar-refractivity contribution < 1.29 is 9.90 Å². The Morgan fingerprint density at radius 1 is 1.19 bits per heavy atom. The Morgan fingerprint density at radius 2 is 1.96 bits per heavy atom. The highest BCUT2D eigenvalue weighted by Gasteiger charge is 2.26. The fraction of sp³-hybridized carbons (Fsp3) is 0.318. The van der Waals surface area contributed by atoms with E-state index in [-0.39, 0.29) is 5.78 Å². The maximum absolute atomic E-state index is 12.6. The number of rotatable bonds is 5. The van der Waals surface area contributed by atoms with Crippen LogP contribution in [0.1, 0.15) is 34.5 Å². The third-order valence-corrected chi connectivity index (χ3v) is 5.73. The molecule has 0 saturated heterocycles. The van der Waals surface area contributed by atoms with Crippen LogP contribution in [-0.4, -0.2) is 28.1 Å². The molecule has 2 aromatic carbocycles. The van der Waals surface area contributed by atoms with E-state index < -0.39 is 6.10 Å². The largest absolute Gasteiger partial charge is 0.389 e. The number of carbonyl (C=O) groups is 1. The molecule has 1 aliphatic carbocycles. The van der Waals surface area contributed by atoms with Gasteiger partial charge in [-0.25, -0.2) is 0 Å². The summed E-state index contributed by atoms with van der Waals surface area (Å²) in [7, 11) is 0. The van der Waals surface area contributed by atoms with Crippen molar-refractivity contribution in [2.24, 2.45) is 0 Å². The average molecular weight is 427 g/mol. The Morgan fingerprint density at radius 3 is 2.74 bits per heavy atom. The molecular weight excluding hydrogens is 404 g/mol. The molecule has 0 spiro atoms. The van der Waals surface area contributed by atoms with Gasteiger partial charge in [-0.2, -0.15) is 0 Å². The Hall–Kier alpha value is -2.11. The van der Waals surface area contributed by atoms with Crippen LogP contribution in [0, 0.1) is 6.92 Å². The van der Waals surface area contributed by atoms with Crippen molar-refractivity contribution in [3.63, 3.8) is 0 Å². The minimum Gasteiger partial charge on any atom is -0.389 e. The van der Waals surface area contributed by atoms with E-state index in [4.69, 9.17) is 0 Å². The van der Waals surface area contributed by atoms with E-state index in [1.165, 1.54) is 5.56 Å². The summed E-state index contributed by atoms with van der Waals surface area (Å²) in [6.07, 6.45) is 1.84. The zero-order valence-corrected chi connectivity index (χ0v) is 16.9. The number of nitrogens with one attached hydrogen (secondary N) is 1. The van der Waals surface area contributed by atoms with Gasteiger partial charge < -0.3 is 15.0 Å². The number of aromatic nitrogens is 1. The molecule has 0 unspecified atom stereocenters. The molecule has 0 bridgehead atoms. The molecule has 5 heteroatoms. The number of aliphatic hydroxyl groups excluding tert-OH is 1. The summed E-state index contributed by atoms with van der Waals surface area (Å²) in [6, 6.07) is 14.2. The molecule has 1 aliphatic rings. The highest BCUT2D eigenvalue weighted by molar-refractivity contribution is 9.10. The summed E-state index contributed by atoms with van der Waals surface area (Å²) in [5.41, 5.74) is 5.15. The molecule has 27 heavy (non-hydrogen) atoms. The fourth-order valence-electron chi connectivity index (χ4n) is 3.92.